The van der Waals surface area contributed by atoms with Gasteiger partial charge in [0.15, 0.2) is 0 Å². The molecule has 1 heterocycles. The fraction of sp³-hybridized carbons (Fsp3) is 0.188. The van der Waals surface area contributed by atoms with Crippen LogP contribution in [0.25, 0.3) is 0 Å². The van der Waals surface area contributed by atoms with Crippen molar-refractivity contribution >= 4 is 23.0 Å². The number of benzene rings is 2. The second-order valence-corrected chi connectivity index (χ2v) is 5.29. The number of nitro groups is 1. The summed E-state index contributed by atoms with van der Waals surface area (Å²) in [7, 11) is 3.31. The smallest absolute Gasteiger partial charge is 0.292 e. The highest BCUT2D eigenvalue weighted by Crippen LogP contribution is 2.34. The van der Waals surface area contributed by atoms with Crippen molar-refractivity contribution in [1.29, 1.82) is 0 Å². The van der Waals surface area contributed by atoms with Crippen molar-refractivity contribution in [3.63, 3.8) is 0 Å². The molecule has 1 unspecified atom stereocenters. The van der Waals surface area contributed by atoms with Gasteiger partial charge in [0, 0.05) is 31.4 Å². The lowest BCUT2D eigenvalue weighted by atomic mass is 10.0. The van der Waals surface area contributed by atoms with Gasteiger partial charge in [-0.15, -0.1) is 0 Å². The third-order valence-electron chi connectivity index (χ3n) is 3.96. The zero-order valence-corrected chi connectivity index (χ0v) is 12.7. The van der Waals surface area contributed by atoms with Gasteiger partial charge in [-0.25, -0.2) is 0 Å². The summed E-state index contributed by atoms with van der Waals surface area (Å²) < 4.78 is 0. The number of para-hydroxylation sites is 1. The van der Waals surface area contributed by atoms with Gasteiger partial charge in [-0.05, 0) is 18.2 Å². The van der Waals surface area contributed by atoms with E-state index in [9.17, 15) is 14.9 Å². The molecule has 0 fully saturated rings. The molecule has 7 heteroatoms. The van der Waals surface area contributed by atoms with Crippen molar-refractivity contribution < 1.29 is 9.72 Å². The Labute approximate surface area is 133 Å². The molecule has 23 heavy (non-hydrogen) atoms. The summed E-state index contributed by atoms with van der Waals surface area (Å²) in [6.45, 7) is 0. The minimum atomic E-state index is -0.456. The highest BCUT2D eigenvalue weighted by atomic mass is 16.6. The predicted octanol–water partition coefficient (Wildman–Crippen LogP) is 2.83. The minimum Gasteiger partial charge on any atom is -0.383 e. The van der Waals surface area contributed by atoms with Gasteiger partial charge in [0.2, 0.25) is 0 Å². The summed E-state index contributed by atoms with van der Waals surface area (Å²) >= 11 is 0. The monoisotopic (exact) mass is 312 g/mol. The summed E-state index contributed by atoms with van der Waals surface area (Å²) in [5.41, 5.74) is 2.38. The number of hydrogen-bond donors (Lipinski definition) is 2. The highest BCUT2D eigenvalue weighted by Gasteiger charge is 2.31. The Morgan fingerprint density at radius 3 is 2.70 bits per heavy atom. The first-order valence-corrected chi connectivity index (χ1v) is 7.11. The molecule has 3 rings (SSSR count). The van der Waals surface area contributed by atoms with Crippen LogP contribution < -0.4 is 10.6 Å². The Hall–Kier alpha value is -3.09. The number of rotatable bonds is 3. The summed E-state index contributed by atoms with van der Waals surface area (Å²) in [4.78, 5) is 24.8. The Balaban J connectivity index is 2.04. The quantitative estimate of drug-likeness (QED) is 0.672. The molecule has 0 spiro atoms. The maximum Gasteiger partial charge on any atom is 0.292 e. The fourth-order valence-corrected chi connectivity index (χ4v) is 2.73. The van der Waals surface area contributed by atoms with E-state index in [1.165, 1.54) is 6.07 Å². The molecule has 7 nitrogen and oxygen atoms in total. The molecule has 2 aromatic carbocycles. The van der Waals surface area contributed by atoms with Gasteiger partial charge >= 0.3 is 0 Å². The van der Waals surface area contributed by atoms with Gasteiger partial charge < -0.3 is 15.5 Å². The molecule has 0 bridgehead atoms. The number of hydrogen-bond acceptors (Lipinski definition) is 5. The number of carbonyl (C=O) groups excluding carboxylic acids is 1. The number of fused-ring (bicyclic) bond motifs is 1. The molecule has 0 saturated heterocycles. The number of nitro benzene ring substituents is 1. The number of nitrogens with one attached hydrogen (secondary N) is 2. The van der Waals surface area contributed by atoms with Crippen LogP contribution in [0.15, 0.2) is 42.5 Å². The predicted molar refractivity (Wildman–Crippen MR) is 87.5 cm³/mol. The summed E-state index contributed by atoms with van der Waals surface area (Å²) in [5, 5.41) is 17.3. The lowest BCUT2D eigenvalue weighted by molar-refractivity contribution is -0.384. The number of amides is 1. The SMILES string of the molecule is CNc1ccc(C2Nc3ccccc3C(=O)N2C)cc1[N+](=O)[O-]. The topological polar surface area (TPSA) is 87.5 Å². The van der Waals surface area contributed by atoms with E-state index in [1.54, 1.807) is 43.3 Å². The molecule has 0 saturated carbocycles. The van der Waals surface area contributed by atoms with Crippen LogP contribution in [0.5, 0.6) is 0 Å². The number of nitrogens with zero attached hydrogens (tertiary/aromatic N) is 2. The zero-order valence-electron chi connectivity index (χ0n) is 12.7. The average Bonchev–Trinajstić information content (AvgIpc) is 2.57. The molecule has 118 valence electrons. The van der Waals surface area contributed by atoms with E-state index in [-0.39, 0.29) is 11.6 Å². The second-order valence-electron chi connectivity index (χ2n) is 5.29. The first-order valence-electron chi connectivity index (χ1n) is 7.11. The van der Waals surface area contributed by atoms with Gasteiger partial charge in [-0.3, -0.25) is 14.9 Å². The summed E-state index contributed by atoms with van der Waals surface area (Å²) in [6.07, 6.45) is -0.456. The number of carbonyl (C=O) groups is 1. The van der Waals surface area contributed by atoms with Crippen LogP contribution in [-0.2, 0) is 0 Å². The standard InChI is InChI=1S/C16H16N4O3/c1-17-13-8-7-10(9-14(13)20(22)23)15-18-12-6-4-3-5-11(12)16(21)19(15)2/h3-9,15,17-18H,1-2H3. The van der Waals surface area contributed by atoms with Crippen LogP contribution in [0.4, 0.5) is 17.1 Å². The fourth-order valence-electron chi connectivity index (χ4n) is 2.73. The summed E-state index contributed by atoms with van der Waals surface area (Å²) in [6, 6.07) is 12.1. The molecule has 2 aromatic rings. The Bertz CT molecular complexity index is 791. The largest absolute Gasteiger partial charge is 0.383 e. The first kappa shape index (κ1) is 14.8. The average molecular weight is 312 g/mol. The molecule has 1 aliphatic rings. The van der Waals surface area contributed by atoms with Gasteiger partial charge in [0.25, 0.3) is 11.6 Å². The van der Waals surface area contributed by atoms with Crippen LogP contribution in [0.3, 0.4) is 0 Å². The molecule has 0 aromatic heterocycles. The van der Waals surface area contributed by atoms with Gasteiger partial charge in [0.05, 0.1) is 10.5 Å². The van der Waals surface area contributed by atoms with E-state index in [0.717, 1.165) is 5.69 Å². The molecule has 0 aliphatic carbocycles. The van der Waals surface area contributed by atoms with Crippen LogP contribution in [0.1, 0.15) is 22.1 Å². The third kappa shape index (κ3) is 2.46. The second kappa shape index (κ2) is 5.60. The molecule has 1 aliphatic heterocycles. The molecular weight excluding hydrogens is 296 g/mol. The lowest BCUT2D eigenvalue weighted by Gasteiger charge is -2.35. The molecule has 1 atom stereocenters. The molecule has 1 amide bonds. The van der Waals surface area contributed by atoms with E-state index in [2.05, 4.69) is 10.6 Å². The highest BCUT2D eigenvalue weighted by molar-refractivity contribution is 6.01. The van der Waals surface area contributed by atoms with E-state index in [4.69, 9.17) is 0 Å². The van der Waals surface area contributed by atoms with E-state index in [0.29, 0.717) is 16.8 Å². The summed E-state index contributed by atoms with van der Waals surface area (Å²) in [5.74, 6) is -0.121. The van der Waals surface area contributed by atoms with E-state index in [1.807, 2.05) is 12.1 Å². The zero-order chi connectivity index (χ0) is 16.6. The lowest BCUT2D eigenvalue weighted by Crippen LogP contribution is -2.40. The van der Waals surface area contributed by atoms with Crippen LogP contribution in [0, 0.1) is 10.1 Å². The molecular formula is C16H16N4O3. The van der Waals surface area contributed by atoms with Gasteiger partial charge in [0.1, 0.15) is 11.9 Å². The van der Waals surface area contributed by atoms with Gasteiger partial charge in [-0.2, -0.15) is 0 Å². The maximum atomic E-state index is 12.5. The Kier molecular flexibility index (Phi) is 3.61. The van der Waals surface area contributed by atoms with E-state index >= 15 is 0 Å². The van der Waals surface area contributed by atoms with Gasteiger partial charge in [-0.1, -0.05) is 18.2 Å². The number of anilines is 2. The third-order valence-corrected chi connectivity index (χ3v) is 3.96. The van der Waals surface area contributed by atoms with Crippen molar-refractivity contribution in [3.8, 4) is 0 Å². The Morgan fingerprint density at radius 1 is 1.26 bits per heavy atom. The van der Waals surface area contributed by atoms with Crippen molar-refractivity contribution in [2.75, 3.05) is 24.7 Å². The minimum absolute atomic E-state index is 0.0218. The van der Waals surface area contributed by atoms with Crippen LogP contribution in [0.2, 0.25) is 0 Å². The normalized spacial score (nSPS) is 16.5. The Morgan fingerprint density at radius 2 is 2.00 bits per heavy atom. The van der Waals surface area contributed by atoms with Crippen molar-refractivity contribution in [2.24, 2.45) is 0 Å². The first-order chi connectivity index (χ1) is 11.0. The maximum absolute atomic E-state index is 12.5. The molecule has 0 radical (unpaired) electrons. The van der Waals surface area contributed by atoms with Crippen LogP contribution in [-0.4, -0.2) is 29.8 Å². The van der Waals surface area contributed by atoms with Crippen LogP contribution >= 0.6 is 0 Å². The van der Waals surface area contributed by atoms with Crippen molar-refractivity contribution in [2.45, 2.75) is 6.17 Å². The molecule has 2 N–H and O–H groups in total. The van der Waals surface area contributed by atoms with E-state index < -0.39 is 11.1 Å². The van der Waals surface area contributed by atoms with Crippen molar-refractivity contribution in [3.05, 3.63) is 63.7 Å². The van der Waals surface area contributed by atoms with Crippen molar-refractivity contribution in [1.82, 2.24) is 4.90 Å².